The highest BCUT2D eigenvalue weighted by atomic mass is 19.1. The normalized spacial score (nSPS) is 20.0. The van der Waals surface area contributed by atoms with E-state index in [1.54, 1.807) is 6.07 Å². The zero-order chi connectivity index (χ0) is 21.5. The van der Waals surface area contributed by atoms with Gasteiger partial charge >= 0.3 is 0 Å². The first-order valence-corrected chi connectivity index (χ1v) is 11.5. The Balaban J connectivity index is 1.55. The minimum Gasteiger partial charge on any atom is -0.205 e. The highest BCUT2D eigenvalue weighted by molar-refractivity contribution is 5.65. The van der Waals surface area contributed by atoms with Crippen molar-refractivity contribution in [2.45, 2.75) is 71.6 Å². The number of nitriles is 1. The van der Waals surface area contributed by atoms with Crippen LogP contribution in [0.3, 0.4) is 0 Å². The molecule has 1 unspecified atom stereocenters. The number of hydrogen-bond donors (Lipinski definition) is 0. The van der Waals surface area contributed by atoms with Gasteiger partial charge < -0.3 is 0 Å². The molecule has 1 fully saturated rings. The first-order valence-electron chi connectivity index (χ1n) is 11.5. The zero-order valence-electron chi connectivity index (χ0n) is 18.3. The van der Waals surface area contributed by atoms with Gasteiger partial charge in [-0.1, -0.05) is 76.6 Å². The third-order valence-electron chi connectivity index (χ3n) is 6.91. The van der Waals surface area contributed by atoms with Gasteiger partial charge in [0, 0.05) is 0 Å². The number of benzene rings is 2. The fourth-order valence-electron chi connectivity index (χ4n) is 4.95. The molecule has 0 N–H and O–H groups in total. The van der Waals surface area contributed by atoms with E-state index in [0.29, 0.717) is 11.5 Å². The van der Waals surface area contributed by atoms with Gasteiger partial charge in [0.1, 0.15) is 23.3 Å². The third-order valence-corrected chi connectivity index (χ3v) is 6.91. The maximum atomic E-state index is 13.9. The molecule has 0 saturated heterocycles. The van der Waals surface area contributed by atoms with Crippen molar-refractivity contribution in [1.82, 2.24) is 0 Å². The van der Waals surface area contributed by atoms with Crippen LogP contribution < -0.4 is 0 Å². The quantitative estimate of drug-likeness (QED) is 0.404. The van der Waals surface area contributed by atoms with Gasteiger partial charge in [0.05, 0.1) is 0 Å². The van der Waals surface area contributed by atoms with Crippen LogP contribution in [-0.4, -0.2) is 0 Å². The molecule has 0 bridgehead atoms. The Morgan fingerprint density at radius 2 is 1.60 bits per heavy atom. The van der Waals surface area contributed by atoms with Crippen molar-refractivity contribution in [3.05, 3.63) is 59.2 Å². The largest absolute Gasteiger partial charge is 0.205 e. The van der Waals surface area contributed by atoms with Gasteiger partial charge in [-0.2, -0.15) is 5.26 Å². The third kappa shape index (κ3) is 5.69. The second-order valence-electron chi connectivity index (χ2n) is 9.08. The molecule has 1 atom stereocenters. The van der Waals surface area contributed by atoms with Crippen LogP contribution in [0.15, 0.2) is 36.4 Å². The molecule has 0 aromatic heterocycles. The van der Waals surface area contributed by atoms with Crippen molar-refractivity contribution in [2.75, 3.05) is 0 Å². The number of hydrogen-bond acceptors (Lipinski definition) is 1. The van der Waals surface area contributed by atoms with Crippen LogP contribution in [-0.2, 0) is 6.42 Å². The number of unbranched alkanes of at least 4 members (excludes halogenated alkanes) is 2. The molecule has 2 aromatic carbocycles. The van der Waals surface area contributed by atoms with Crippen molar-refractivity contribution in [1.29, 1.82) is 5.26 Å². The van der Waals surface area contributed by atoms with Crippen molar-refractivity contribution >= 4 is 0 Å². The molecular weight excluding hydrogens is 376 g/mol. The molecule has 30 heavy (non-hydrogen) atoms. The molecule has 1 aliphatic carbocycles. The summed E-state index contributed by atoms with van der Waals surface area (Å²) in [6.07, 6.45) is 12.0. The van der Waals surface area contributed by atoms with E-state index in [9.17, 15) is 8.78 Å². The van der Waals surface area contributed by atoms with Crippen molar-refractivity contribution in [2.24, 2.45) is 17.8 Å². The smallest absolute Gasteiger partial charge is 0.144 e. The number of rotatable bonds is 8. The maximum absolute atomic E-state index is 13.9. The van der Waals surface area contributed by atoms with Crippen LogP contribution >= 0.6 is 0 Å². The fraction of sp³-hybridized carbons (Fsp3) is 0.519. The summed E-state index contributed by atoms with van der Waals surface area (Å²) in [5.41, 5.74) is 1.97. The van der Waals surface area contributed by atoms with E-state index < -0.39 is 17.2 Å². The Morgan fingerprint density at radius 1 is 0.967 bits per heavy atom. The van der Waals surface area contributed by atoms with Crippen molar-refractivity contribution < 1.29 is 8.78 Å². The summed E-state index contributed by atoms with van der Waals surface area (Å²) < 4.78 is 27.8. The number of nitrogens with zero attached hydrogens (tertiary/aromatic N) is 1. The lowest BCUT2D eigenvalue weighted by molar-refractivity contribution is 0.204. The molecule has 160 valence electrons. The fourth-order valence-corrected chi connectivity index (χ4v) is 4.95. The predicted octanol–water partition coefficient (Wildman–Crippen LogP) is 8.07. The topological polar surface area (TPSA) is 23.8 Å². The minimum atomic E-state index is -0.810. The van der Waals surface area contributed by atoms with Gasteiger partial charge in [0.15, 0.2) is 0 Å². The lowest BCUT2D eigenvalue weighted by Crippen LogP contribution is -2.21. The summed E-state index contributed by atoms with van der Waals surface area (Å²) in [4.78, 5) is 0. The van der Waals surface area contributed by atoms with Gasteiger partial charge in [0.2, 0.25) is 0 Å². The Bertz CT molecular complexity index is 834. The standard InChI is InChI=1S/C27H33F2N/c1-3-4-5-6-20-7-11-22(12-8-20)19(2)15-21-9-13-23(14-10-21)24-16-26(28)25(18-30)27(29)17-24/h9-10,13-14,16-17,19-20,22H,3-8,11-12,15H2,1-2H3. The summed E-state index contributed by atoms with van der Waals surface area (Å²) in [6.45, 7) is 4.63. The first-order chi connectivity index (χ1) is 14.5. The van der Waals surface area contributed by atoms with Gasteiger partial charge in [-0.15, -0.1) is 0 Å². The molecule has 3 rings (SSSR count). The average Bonchev–Trinajstić information content (AvgIpc) is 2.74. The molecule has 0 amide bonds. The highest BCUT2D eigenvalue weighted by Crippen LogP contribution is 2.37. The minimum absolute atomic E-state index is 0.463. The van der Waals surface area contributed by atoms with E-state index in [-0.39, 0.29) is 0 Å². The molecule has 0 radical (unpaired) electrons. The summed E-state index contributed by atoms with van der Waals surface area (Å²) in [7, 11) is 0. The lowest BCUT2D eigenvalue weighted by atomic mass is 9.73. The summed E-state index contributed by atoms with van der Waals surface area (Å²) in [5, 5.41) is 8.82. The Hall–Kier alpha value is -2.21. The zero-order valence-corrected chi connectivity index (χ0v) is 18.3. The van der Waals surface area contributed by atoms with Gasteiger partial charge in [0.25, 0.3) is 0 Å². The summed E-state index contributed by atoms with van der Waals surface area (Å²) in [6, 6.07) is 12.0. The molecule has 0 spiro atoms. The van der Waals surface area contributed by atoms with Crippen molar-refractivity contribution in [3.63, 3.8) is 0 Å². The Kier molecular flexibility index (Phi) is 8.02. The monoisotopic (exact) mass is 409 g/mol. The van der Waals surface area contributed by atoms with Crippen molar-refractivity contribution in [3.8, 4) is 17.2 Å². The summed E-state index contributed by atoms with van der Waals surface area (Å²) in [5.74, 6) is 0.768. The van der Waals surface area contributed by atoms with Gasteiger partial charge in [-0.3, -0.25) is 0 Å². The van der Waals surface area contributed by atoms with Crippen LogP contribution in [0.2, 0.25) is 0 Å². The van der Waals surface area contributed by atoms with E-state index in [1.807, 2.05) is 12.1 Å². The second kappa shape index (κ2) is 10.7. The molecule has 0 heterocycles. The molecule has 2 aromatic rings. The molecular formula is C27H33F2N. The van der Waals surface area contributed by atoms with E-state index >= 15 is 0 Å². The number of halogens is 2. The molecule has 1 saturated carbocycles. The van der Waals surface area contributed by atoms with E-state index in [1.165, 1.54) is 69.1 Å². The predicted molar refractivity (Wildman–Crippen MR) is 119 cm³/mol. The lowest BCUT2D eigenvalue weighted by Gasteiger charge is -2.32. The van der Waals surface area contributed by atoms with Crippen LogP contribution in [0.25, 0.3) is 11.1 Å². The van der Waals surface area contributed by atoms with Crippen LogP contribution in [0, 0.1) is 40.7 Å². The maximum Gasteiger partial charge on any atom is 0.144 e. The van der Waals surface area contributed by atoms with Crippen LogP contribution in [0.1, 0.15) is 76.3 Å². The molecule has 1 aliphatic rings. The Labute approximate surface area is 180 Å². The SMILES string of the molecule is CCCCCC1CCC(C(C)Cc2ccc(-c3cc(F)c(C#N)c(F)c3)cc2)CC1. The first kappa shape index (κ1) is 22.5. The van der Waals surface area contributed by atoms with Crippen LogP contribution in [0.4, 0.5) is 8.78 Å². The van der Waals surface area contributed by atoms with Crippen LogP contribution in [0.5, 0.6) is 0 Å². The summed E-state index contributed by atoms with van der Waals surface area (Å²) >= 11 is 0. The molecule has 1 nitrogen and oxygen atoms in total. The van der Waals surface area contributed by atoms with E-state index in [4.69, 9.17) is 5.26 Å². The van der Waals surface area contributed by atoms with Gasteiger partial charge in [-0.05, 0) is 65.8 Å². The molecule has 3 heteroatoms. The highest BCUT2D eigenvalue weighted by Gasteiger charge is 2.25. The molecule has 0 aliphatic heterocycles. The van der Waals surface area contributed by atoms with Gasteiger partial charge in [-0.25, -0.2) is 8.78 Å². The second-order valence-corrected chi connectivity index (χ2v) is 9.08. The average molecular weight is 410 g/mol. The van der Waals surface area contributed by atoms with E-state index in [0.717, 1.165) is 23.8 Å². The Morgan fingerprint density at radius 3 is 2.17 bits per heavy atom. The van der Waals surface area contributed by atoms with E-state index in [2.05, 4.69) is 26.0 Å².